The zero-order valence-corrected chi connectivity index (χ0v) is 10.1. The number of hydrogen-bond acceptors (Lipinski definition) is 6. The summed E-state index contributed by atoms with van der Waals surface area (Å²) in [6, 6.07) is -1.15. The number of ether oxygens (including phenoxy) is 1. The van der Waals surface area contributed by atoms with E-state index in [9.17, 15) is 20.1 Å². The van der Waals surface area contributed by atoms with Gasteiger partial charge in [-0.15, -0.1) is 0 Å². The van der Waals surface area contributed by atoms with Gasteiger partial charge in [0.2, 0.25) is 5.91 Å². The van der Waals surface area contributed by atoms with E-state index in [4.69, 9.17) is 9.84 Å². The van der Waals surface area contributed by atoms with Gasteiger partial charge in [-0.05, 0) is 15.9 Å². The number of hydrogen-bond donors (Lipinski definition) is 5. The molecule has 1 aliphatic heterocycles. The SMILES string of the molecule is CC(=O)N[C@H]1C(O)O[C@@](Br)(CO)[C@@H](O)[C@@H]1O. The van der Waals surface area contributed by atoms with E-state index in [1.54, 1.807) is 0 Å². The summed E-state index contributed by atoms with van der Waals surface area (Å²) >= 11 is 2.88. The highest BCUT2D eigenvalue weighted by Gasteiger charge is 2.52. The lowest BCUT2D eigenvalue weighted by molar-refractivity contribution is -0.264. The van der Waals surface area contributed by atoms with Crippen LogP contribution in [-0.4, -0.2) is 62.0 Å². The summed E-state index contributed by atoms with van der Waals surface area (Å²) in [5.41, 5.74) is 0. The lowest BCUT2D eigenvalue weighted by Crippen LogP contribution is -2.67. The first kappa shape index (κ1) is 13.8. The number of halogens is 1. The summed E-state index contributed by atoms with van der Waals surface area (Å²) in [5, 5.41) is 40.1. The zero-order chi connectivity index (χ0) is 12.5. The average molecular weight is 300 g/mol. The largest absolute Gasteiger partial charge is 0.392 e. The van der Waals surface area contributed by atoms with Crippen molar-refractivity contribution in [3.8, 4) is 0 Å². The maximum absolute atomic E-state index is 10.8. The number of nitrogens with one attached hydrogen (secondary N) is 1. The van der Waals surface area contributed by atoms with Crippen LogP contribution in [0.2, 0.25) is 0 Å². The van der Waals surface area contributed by atoms with Crippen LogP contribution >= 0.6 is 15.9 Å². The number of rotatable bonds is 2. The number of carbonyl (C=O) groups excluding carboxylic acids is 1. The lowest BCUT2D eigenvalue weighted by Gasteiger charge is -2.44. The van der Waals surface area contributed by atoms with Crippen LogP contribution in [0.15, 0.2) is 0 Å². The van der Waals surface area contributed by atoms with Crippen LogP contribution < -0.4 is 5.32 Å². The van der Waals surface area contributed by atoms with E-state index in [0.29, 0.717) is 0 Å². The molecule has 94 valence electrons. The topological polar surface area (TPSA) is 119 Å². The molecule has 5 atom stereocenters. The molecule has 0 spiro atoms. The van der Waals surface area contributed by atoms with E-state index in [0.717, 1.165) is 0 Å². The fourth-order valence-corrected chi connectivity index (χ4v) is 1.95. The Morgan fingerprint density at radius 3 is 2.50 bits per heavy atom. The normalized spacial score (nSPS) is 44.1. The molecule has 5 N–H and O–H groups in total. The molecule has 16 heavy (non-hydrogen) atoms. The first-order chi connectivity index (χ1) is 7.31. The molecule has 0 aromatic carbocycles. The van der Waals surface area contributed by atoms with Gasteiger partial charge in [0.05, 0.1) is 6.61 Å². The van der Waals surface area contributed by atoms with Crippen molar-refractivity contribution in [2.24, 2.45) is 0 Å². The monoisotopic (exact) mass is 299 g/mol. The molecule has 0 saturated carbocycles. The number of alkyl halides is 1. The van der Waals surface area contributed by atoms with Crippen molar-refractivity contribution in [1.82, 2.24) is 5.32 Å². The highest BCUT2D eigenvalue weighted by molar-refractivity contribution is 9.10. The fourth-order valence-electron chi connectivity index (χ4n) is 1.49. The van der Waals surface area contributed by atoms with Gasteiger partial charge in [-0.3, -0.25) is 4.79 Å². The number of aliphatic hydroxyl groups is 4. The Morgan fingerprint density at radius 1 is 1.50 bits per heavy atom. The van der Waals surface area contributed by atoms with Gasteiger partial charge in [-0.25, -0.2) is 0 Å². The van der Waals surface area contributed by atoms with Gasteiger partial charge in [0, 0.05) is 6.92 Å². The molecule has 1 aliphatic rings. The van der Waals surface area contributed by atoms with Crippen molar-refractivity contribution in [3.05, 3.63) is 0 Å². The van der Waals surface area contributed by atoms with Crippen molar-refractivity contribution in [2.75, 3.05) is 6.61 Å². The van der Waals surface area contributed by atoms with E-state index in [2.05, 4.69) is 21.2 Å². The van der Waals surface area contributed by atoms with Gasteiger partial charge in [0.1, 0.15) is 18.2 Å². The number of aliphatic hydroxyl groups excluding tert-OH is 4. The van der Waals surface area contributed by atoms with E-state index in [1.807, 2.05) is 0 Å². The molecule has 1 amide bonds. The van der Waals surface area contributed by atoms with Crippen molar-refractivity contribution in [3.63, 3.8) is 0 Å². The van der Waals surface area contributed by atoms with Crippen LogP contribution in [0.25, 0.3) is 0 Å². The van der Waals surface area contributed by atoms with Gasteiger partial charge in [0.25, 0.3) is 0 Å². The summed E-state index contributed by atoms with van der Waals surface area (Å²) in [5.74, 6) is -0.482. The van der Waals surface area contributed by atoms with Crippen molar-refractivity contribution < 1.29 is 30.0 Å². The van der Waals surface area contributed by atoms with E-state index >= 15 is 0 Å². The second-order valence-corrected chi connectivity index (χ2v) is 4.96. The lowest BCUT2D eigenvalue weighted by atomic mass is 9.97. The summed E-state index contributed by atoms with van der Waals surface area (Å²) in [6.45, 7) is 0.558. The molecular weight excluding hydrogens is 286 g/mol. The molecule has 0 bridgehead atoms. The summed E-state index contributed by atoms with van der Waals surface area (Å²) in [4.78, 5) is 10.8. The molecule has 1 rings (SSSR count). The van der Waals surface area contributed by atoms with Crippen LogP contribution in [0.1, 0.15) is 6.92 Å². The average Bonchev–Trinajstić information content (AvgIpc) is 2.21. The minimum absolute atomic E-state index is 0.482. The second kappa shape index (κ2) is 4.94. The first-order valence-corrected chi connectivity index (χ1v) is 5.40. The highest BCUT2D eigenvalue weighted by Crippen LogP contribution is 2.33. The van der Waals surface area contributed by atoms with Gasteiger partial charge in [-0.2, -0.15) is 0 Å². The van der Waals surface area contributed by atoms with E-state index < -0.39 is 41.6 Å². The van der Waals surface area contributed by atoms with Crippen LogP contribution in [0.5, 0.6) is 0 Å². The summed E-state index contributed by atoms with van der Waals surface area (Å²) < 4.78 is 3.28. The van der Waals surface area contributed by atoms with Crippen molar-refractivity contribution in [2.45, 2.75) is 36.0 Å². The summed E-state index contributed by atoms with van der Waals surface area (Å²) in [6.07, 6.45) is -4.48. The maximum Gasteiger partial charge on any atom is 0.217 e. The Morgan fingerprint density at radius 2 is 2.06 bits per heavy atom. The standard InChI is InChI=1S/C8H14BrNO6/c1-3(12)10-4-5(13)6(14)8(9,2-11)16-7(4)15/h4-7,11,13-15H,2H2,1H3,(H,10,12)/t4-,5-,6+,7?,8+/m1/s1. The van der Waals surface area contributed by atoms with Crippen LogP contribution in [0.4, 0.5) is 0 Å². The van der Waals surface area contributed by atoms with E-state index in [1.165, 1.54) is 6.92 Å². The van der Waals surface area contributed by atoms with Crippen LogP contribution in [-0.2, 0) is 9.53 Å². The van der Waals surface area contributed by atoms with Crippen molar-refractivity contribution >= 4 is 21.8 Å². The first-order valence-electron chi connectivity index (χ1n) is 4.60. The third kappa shape index (κ3) is 2.53. The molecule has 7 nitrogen and oxygen atoms in total. The van der Waals surface area contributed by atoms with Gasteiger partial charge < -0.3 is 30.5 Å². The molecule has 1 unspecified atom stereocenters. The highest BCUT2D eigenvalue weighted by atomic mass is 79.9. The van der Waals surface area contributed by atoms with Gasteiger partial charge in [0.15, 0.2) is 10.8 Å². The third-order valence-electron chi connectivity index (χ3n) is 2.34. The van der Waals surface area contributed by atoms with E-state index in [-0.39, 0.29) is 0 Å². The molecule has 1 heterocycles. The van der Waals surface area contributed by atoms with Crippen LogP contribution in [0.3, 0.4) is 0 Å². The molecule has 0 aliphatic carbocycles. The Kier molecular flexibility index (Phi) is 4.27. The molecule has 1 saturated heterocycles. The molecule has 0 aromatic rings. The maximum atomic E-state index is 10.8. The molecule has 1 fully saturated rings. The number of carbonyl (C=O) groups is 1. The molecule has 0 radical (unpaired) electrons. The third-order valence-corrected chi connectivity index (χ3v) is 3.25. The van der Waals surface area contributed by atoms with Gasteiger partial charge >= 0.3 is 0 Å². The second-order valence-electron chi connectivity index (χ2n) is 3.61. The van der Waals surface area contributed by atoms with Crippen molar-refractivity contribution in [1.29, 1.82) is 0 Å². The molecule has 8 heteroatoms. The predicted molar refractivity (Wildman–Crippen MR) is 55.5 cm³/mol. The quantitative estimate of drug-likeness (QED) is 0.364. The molecule has 0 aromatic heterocycles. The van der Waals surface area contributed by atoms with Crippen LogP contribution in [0, 0.1) is 0 Å². The smallest absolute Gasteiger partial charge is 0.217 e. The zero-order valence-electron chi connectivity index (χ0n) is 8.50. The minimum Gasteiger partial charge on any atom is -0.392 e. The Hall–Kier alpha value is -0.250. The predicted octanol–water partition coefficient (Wildman–Crippen LogP) is -2.35. The summed E-state index contributed by atoms with van der Waals surface area (Å²) in [7, 11) is 0. The van der Waals surface area contributed by atoms with Gasteiger partial charge in [-0.1, -0.05) is 0 Å². The Bertz CT molecular complexity index is 277. The Balaban J connectivity index is 2.83. The Labute approximate surface area is 100 Å². The minimum atomic E-state index is -1.64. The molecular formula is C8H14BrNO6. The number of amides is 1. The fraction of sp³-hybridized carbons (Fsp3) is 0.875.